The number of halogens is 1. The highest BCUT2D eigenvalue weighted by Gasteiger charge is 2.55. The van der Waals surface area contributed by atoms with Crippen molar-refractivity contribution in [1.82, 2.24) is 10.3 Å². The van der Waals surface area contributed by atoms with Gasteiger partial charge in [0.1, 0.15) is 5.15 Å². The maximum absolute atomic E-state index is 12.5. The summed E-state index contributed by atoms with van der Waals surface area (Å²) in [6.07, 6.45) is 2.24. The third-order valence-corrected chi connectivity index (χ3v) is 4.30. The van der Waals surface area contributed by atoms with Crippen molar-refractivity contribution < 1.29 is 14.7 Å². The Balaban J connectivity index is 2.80. The average Bonchev–Trinajstić information content (AvgIpc) is 2.38. The average molecular weight is 309 g/mol. The first-order valence-corrected chi connectivity index (χ1v) is 7.04. The highest BCUT2D eigenvalue weighted by Crippen LogP contribution is 2.42. The molecule has 2 rings (SSSR count). The quantitative estimate of drug-likeness (QED) is 0.508. The van der Waals surface area contributed by atoms with E-state index in [1.54, 1.807) is 25.1 Å². The zero-order valence-electron chi connectivity index (χ0n) is 11.9. The molecule has 1 aliphatic rings. The number of carbonyl (C=O) groups excluding carboxylic acids is 1. The van der Waals surface area contributed by atoms with Crippen LogP contribution in [0.5, 0.6) is 0 Å². The Kier molecular flexibility index (Phi) is 3.80. The van der Waals surface area contributed by atoms with E-state index in [0.29, 0.717) is 12.0 Å². The zero-order valence-corrected chi connectivity index (χ0v) is 12.7. The van der Waals surface area contributed by atoms with Crippen LogP contribution in [0.3, 0.4) is 0 Å². The fourth-order valence-electron chi connectivity index (χ4n) is 2.87. The minimum Gasteiger partial charge on any atom is -0.480 e. The fraction of sp³-hybridized carbons (Fsp3) is 0.400. The number of amides is 1. The number of carboxylic acid groups (broad SMARTS) is 1. The number of hydrogen-bond acceptors (Lipinski definition) is 3. The van der Waals surface area contributed by atoms with E-state index in [1.165, 1.54) is 0 Å². The molecule has 6 heteroatoms. The number of carbonyl (C=O) groups is 2. The van der Waals surface area contributed by atoms with E-state index in [1.807, 2.05) is 6.92 Å². The van der Waals surface area contributed by atoms with E-state index in [2.05, 4.69) is 16.9 Å². The molecule has 0 radical (unpaired) electrons. The number of nitrogens with zero attached hydrogens (tertiary/aromatic N) is 1. The summed E-state index contributed by atoms with van der Waals surface area (Å²) in [4.78, 5) is 28.5. The molecule has 5 nitrogen and oxygen atoms in total. The highest BCUT2D eigenvalue weighted by molar-refractivity contribution is 6.29. The third kappa shape index (κ3) is 2.12. The molecule has 2 heterocycles. The van der Waals surface area contributed by atoms with Crippen molar-refractivity contribution in [2.24, 2.45) is 0 Å². The lowest BCUT2D eigenvalue weighted by atomic mass is 9.70. The van der Waals surface area contributed by atoms with Crippen molar-refractivity contribution in [3.05, 3.63) is 41.2 Å². The van der Waals surface area contributed by atoms with Gasteiger partial charge in [-0.3, -0.25) is 9.59 Å². The molecule has 1 aliphatic heterocycles. The number of aromatic nitrogens is 1. The number of carboxylic acids is 1. The van der Waals surface area contributed by atoms with Gasteiger partial charge in [0.2, 0.25) is 5.91 Å². The van der Waals surface area contributed by atoms with Crippen LogP contribution < -0.4 is 5.32 Å². The summed E-state index contributed by atoms with van der Waals surface area (Å²) in [5.41, 5.74) is -1.56. The molecule has 112 valence electrons. The fourth-order valence-corrected chi connectivity index (χ4v) is 3.01. The molecule has 0 fully saturated rings. The summed E-state index contributed by atoms with van der Waals surface area (Å²) in [5.74, 6) is -1.79. The van der Waals surface area contributed by atoms with Crippen LogP contribution in [0.25, 0.3) is 0 Å². The molecule has 0 aromatic carbocycles. The van der Waals surface area contributed by atoms with E-state index >= 15 is 0 Å². The Hall–Kier alpha value is -1.88. The van der Waals surface area contributed by atoms with Crippen LogP contribution in [0.2, 0.25) is 5.15 Å². The number of hydrogen-bond donors (Lipinski definition) is 2. The Morgan fingerprint density at radius 1 is 1.57 bits per heavy atom. The molecular weight excluding hydrogens is 292 g/mol. The molecular formula is C15H17ClN2O3. The third-order valence-electron chi connectivity index (χ3n) is 4.09. The van der Waals surface area contributed by atoms with Gasteiger partial charge in [-0.05, 0) is 25.8 Å². The molecule has 0 saturated carbocycles. The molecule has 1 aromatic heterocycles. The first kappa shape index (κ1) is 15.5. The predicted octanol–water partition coefficient (Wildman–Crippen LogP) is 2.39. The van der Waals surface area contributed by atoms with Gasteiger partial charge >= 0.3 is 5.97 Å². The molecule has 0 aliphatic carbocycles. The van der Waals surface area contributed by atoms with Gasteiger partial charge in [0.05, 0.1) is 11.2 Å². The van der Waals surface area contributed by atoms with E-state index in [0.717, 1.165) is 0 Å². The Bertz CT molecular complexity index is 631. The number of rotatable bonds is 4. The van der Waals surface area contributed by atoms with Crippen LogP contribution in [0.15, 0.2) is 24.8 Å². The number of nitrogens with one attached hydrogen (secondary N) is 1. The van der Waals surface area contributed by atoms with Crippen molar-refractivity contribution in [3.63, 3.8) is 0 Å². The summed E-state index contributed by atoms with van der Waals surface area (Å²) < 4.78 is 0. The Morgan fingerprint density at radius 3 is 2.76 bits per heavy atom. The summed E-state index contributed by atoms with van der Waals surface area (Å²) >= 11 is 5.93. The molecule has 1 amide bonds. The van der Waals surface area contributed by atoms with Crippen molar-refractivity contribution in [2.75, 3.05) is 0 Å². The van der Waals surface area contributed by atoms with Crippen LogP contribution in [-0.2, 0) is 20.5 Å². The van der Waals surface area contributed by atoms with E-state index in [4.69, 9.17) is 11.6 Å². The van der Waals surface area contributed by atoms with Crippen LogP contribution in [0.1, 0.15) is 37.9 Å². The van der Waals surface area contributed by atoms with E-state index in [9.17, 15) is 14.7 Å². The standard InChI is InChI=1S/C15H17ClN2O3/c1-4-8-14(3)9-6-7-10(16)17-11(9)15(5-2,13(20)21)12(19)18-14/h4,6-7H,1,5,8H2,2-3H3,(H,18,19)(H,20,21). The summed E-state index contributed by atoms with van der Waals surface area (Å²) in [6.45, 7) is 7.16. The van der Waals surface area contributed by atoms with E-state index < -0.39 is 22.8 Å². The lowest BCUT2D eigenvalue weighted by Gasteiger charge is -2.42. The first-order valence-electron chi connectivity index (χ1n) is 6.66. The monoisotopic (exact) mass is 308 g/mol. The maximum atomic E-state index is 12.5. The molecule has 0 bridgehead atoms. The zero-order chi connectivity index (χ0) is 15.8. The minimum absolute atomic E-state index is 0.0959. The van der Waals surface area contributed by atoms with Crippen LogP contribution in [0.4, 0.5) is 0 Å². The number of aliphatic carboxylic acids is 1. The van der Waals surface area contributed by atoms with Gasteiger partial charge < -0.3 is 10.4 Å². The van der Waals surface area contributed by atoms with Gasteiger partial charge in [-0.25, -0.2) is 4.98 Å². The second-order valence-corrected chi connectivity index (χ2v) is 5.76. The van der Waals surface area contributed by atoms with Gasteiger partial charge in [-0.1, -0.05) is 30.7 Å². The molecule has 0 spiro atoms. The second-order valence-electron chi connectivity index (χ2n) is 5.37. The Labute approximate surface area is 128 Å². The van der Waals surface area contributed by atoms with Gasteiger partial charge in [0, 0.05) is 5.56 Å². The van der Waals surface area contributed by atoms with E-state index in [-0.39, 0.29) is 17.3 Å². The minimum atomic E-state index is -1.71. The first-order chi connectivity index (χ1) is 9.81. The Morgan fingerprint density at radius 2 is 2.24 bits per heavy atom. The summed E-state index contributed by atoms with van der Waals surface area (Å²) in [7, 11) is 0. The van der Waals surface area contributed by atoms with Crippen molar-refractivity contribution in [3.8, 4) is 0 Å². The molecule has 0 saturated heterocycles. The second kappa shape index (κ2) is 5.15. The van der Waals surface area contributed by atoms with Gasteiger partial charge in [-0.15, -0.1) is 6.58 Å². The number of fused-ring (bicyclic) bond motifs is 1. The molecule has 2 unspecified atom stereocenters. The molecule has 21 heavy (non-hydrogen) atoms. The summed E-state index contributed by atoms with van der Waals surface area (Å²) in [6, 6.07) is 3.32. The van der Waals surface area contributed by atoms with Crippen LogP contribution in [0, 0.1) is 0 Å². The highest BCUT2D eigenvalue weighted by atomic mass is 35.5. The van der Waals surface area contributed by atoms with Crippen molar-refractivity contribution >= 4 is 23.5 Å². The van der Waals surface area contributed by atoms with Crippen molar-refractivity contribution in [1.29, 1.82) is 0 Å². The predicted molar refractivity (Wildman–Crippen MR) is 79.2 cm³/mol. The normalized spacial score (nSPS) is 27.7. The van der Waals surface area contributed by atoms with Crippen LogP contribution >= 0.6 is 11.6 Å². The number of pyridine rings is 1. The lowest BCUT2D eigenvalue weighted by molar-refractivity contribution is -0.151. The molecule has 2 atom stereocenters. The van der Waals surface area contributed by atoms with Crippen LogP contribution in [-0.4, -0.2) is 22.0 Å². The largest absolute Gasteiger partial charge is 0.480 e. The topological polar surface area (TPSA) is 79.3 Å². The smallest absolute Gasteiger partial charge is 0.325 e. The maximum Gasteiger partial charge on any atom is 0.325 e. The van der Waals surface area contributed by atoms with Gasteiger partial charge in [0.15, 0.2) is 5.41 Å². The van der Waals surface area contributed by atoms with Gasteiger partial charge in [-0.2, -0.15) is 0 Å². The molecule has 1 aromatic rings. The SMILES string of the molecule is C=CCC1(C)NC(=O)C(CC)(C(=O)O)c2nc(Cl)ccc21. The lowest BCUT2D eigenvalue weighted by Crippen LogP contribution is -2.61. The summed E-state index contributed by atoms with van der Waals surface area (Å²) in [5, 5.41) is 12.6. The molecule has 2 N–H and O–H groups in total. The van der Waals surface area contributed by atoms with Crippen molar-refractivity contribution in [2.45, 2.75) is 37.6 Å². The van der Waals surface area contributed by atoms with Gasteiger partial charge in [0.25, 0.3) is 0 Å².